The summed E-state index contributed by atoms with van der Waals surface area (Å²) in [5.41, 5.74) is 1.15. The van der Waals surface area contributed by atoms with Gasteiger partial charge in [0.1, 0.15) is 0 Å². The number of aromatic hydroxyl groups is 1. The Kier molecular flexibility index (Phi) is 4.48. The fraction of sp³-hybridized carbons (Fsp3) is 0.600. The van der Waals surface area contributed by atoms with Crippen LogP contribution in [0.1, 0.15) is 38.2 Å². The highest BCUT2D eigenvalue weighted by atomic mass is 16.5. The zero-order valence-corrected chi connectivity index (χ0v) is 11.3. The third-order valence-corrected chi connectivity index (χ3v) is 3.98. The Bertz CT molecular complexity index is 386. The molecule has 0 aromatic heterocycles. The maximum atomic E-state index is 9.54. The van der Waals surface area contributed by atoms with Crippen molar-refractivity contribution >= 4 is 0 Å². The number of ether oxygens (including phenoxy) is 1. The molecule has 1 fully saturated rings. The summed E-state index contributed by atoms with van der Waals surface area (Å²) < 4.78 is 5.11. The van der Waals surface area contributed by atoms with Crippen molar-refractivity contribution in [1.29, 1.82) is 0 Å². The summed E-state index contributed by atoms with van der Waals surface area (Å²) in [6.07, 6.45) is 5.47. The van der Waals surface area contributed by atoms with Crippen LogP contribution in [0.15, 0.2) is 18.2 Å². The molecule has 3 heteroatoms. The van der Waals surface area contributed by atoms with Gasteiger partial charge >= 0.3 is 0 Å². The van der Waals surface area contributed by atoms with Gasteiger partial charge in [0.05, 0.1) is 7.11 Å². The van der Waals surface area contributed by atoms with Crippen LogP contribution in [-0.2, 0) is 6.54 Å². The van der Waals surface area contributed by atoms with Crippen LogP contribution in [0.3, 0.4) is 0 Å². The maximum absolute atomic E-state index is 9.54. The SMILES string of the molecule is COc1cc(CNC(C)C2CCCC2)ccc1O. The van der Waals surface area contributed by atoms with Crippen LogP contribution >= 0.6 is 0 Å². The molecule has 0 bridgehead atoms. The molecule has 1 aliphatic rings. The van der Waals surface area contributed by atoms with E-state index in [1.54, 1.807) is 13.2 Å². The molecule has 1 aromatic rings. The van der Waals surface area contributed by atoms with E-state index in [4.69, 9.17) is 4.74 Å². The van der Waals surface area contributed by atoms with Crippen LogP contribution in [0.2, 0.25) is 0 Å². The lowest BCUT2D eigenvalue weighted by atomic mass is 9.99. The first kappa shape index (κ1) is 13.2. The maximum Gasteiger partial charge on any atom is 0.160 e. The number of methoxy groups -OCH3 is 1. The summed E-state index contributed by atoms with van der Waals surface area (Å²) in [7, 11) is 1.58. The van der Waals surface area contributed by atoms with Crippen LogP contribution in [0.4, 0.5) is 0 Å². The van der Waals surface area contributed by atoms with Gasteiger partial charge in [-0.1, -0.05) is 18.9 Å². The summed E-state index contributed by atoms with van der Waals surface area (Å²) in [5.74, 6) is 1.57. The number of rotatable bonds is 5. The number of phenolic OH excluding ortho intramolecular Hbond substituents is 1. The highest BCUT2D eigenvalue weighted by Crippen LogP contribution is 2.28. The van der Waals surface area contributed by atoms with E-state index in [-0.39, 0.29) is 5.75 Å². The molecule has 1 atom stereocenters. The Labute approximate surface area is 109 Å². The normalized spacial score (nSPS) is 17.9. The van der Waals surface area contributed by atoms with Gasteiger partial charge in [-0.05, 0) is 43.4 Å². The van der Waals surface area contributed by atoms with Gasteiger partial charge in [-0.25, -0.2) is 0 Å². The van der Waals surface area contributed by atoms with Crippen LogP contribution in [0, 0.1) is 5.92 Å². The van der Waals surface area contributed by atoms with Crippen LogP contribution in [0.25, 0.3) is 0 Å². The summed E-state index contributed by atoms with van der Waals surface area (Å²) in [6.45, 7) is 3.10. The predicted molar refractivity (Wildman–Crippen MR) is 72.9 cm³/mol. The molecule has 0 heterocycles. The number of nitrogens with one attached hydrogen (secondary N) is 1. The van der Waals surface area contributed by atoms with Crippen molar-refractivity contribution in [2.75, 3.05) is 7.11 Å². The number of benzene rings is 1. The van der Waals surface area contributed by atoms with Gasteiger partial charge in [-0.2, -0.15) is 0 Å². The first-order chi connectivity index (χ1) is 8.70. The van der Waals surface area contributed by atoms with Gasteiger partial charge in [0, 0.05) is 12.6 Å². The topological polar surface area (TPSA) is 41.5 Å². The molecule has 2 N–H and O–H groups in total. The second-order valence-electron chi connectivity index (χ2n) is 5.22. The average Bonchev–Trinajstić information content (AvgIpc) is 2.91. The molecule has 0 amide bonds. The van der Waals surface area contributed by atoms with E-state index in [1.165, 1.54) is 25.7 Å². The number of hydrogen-bond acceptors (Lipinski definition) is 3. The minimum absolute atomic E-state index is 0.199. The van der Waals surface area contributed by atoms with E-state index < -0.39 is 0 Å². The predicted octanol–water partition coefficient (Wildman–Crippen LogP) is 3.07. The molecule has 3 nitrogen and oxygen atoms in total. The molecule has 1 aliphatic carbocycles. The molecule has 0 aliphatic heterocycles. The number of hydrogen-bond donors (Lipinski definition) is 2. The highest BCUT2D eigenvalue weighted by molar-refractivity contribution is 5.41. The lowest BCUT2D eigenvalue weighted by Gasteiger charge is -2.20. The van der Waals surface area contributed by atoms with Crippen molar-refractivity contribution in [3.05, 3.63) is 23.8 Å². The van der Waals surface area contributed by atoms with Crippen molar-refractivity contribution in [1.82, 2.24) is 5.32 Å². The minimum Gasteiger partial charge on any atom is -0.504 e. The Balaban J connectivity index is 1.89. The largest absolute Gasteiger partial charge is 0.504 e. The summed E-state index contributed by atoms with van der Waals surface area (Å²) in [4.78, 5) is 0. The standard InChI is InChI=1S/C15H23NO2/c1-11(13-5-3-4-6-13)16-10-12-7-8-14(17)15(9-12)18-2/h7-9,11,13,16-17H,3-6,10H2,1-2H3. The van der Waals surface area contributed by atoms with Crippen molar-refractivity contribution in [2.24, 2.45) is 5.92 Å². The lowest BCUT2D eigenvalue weighted by Crippen LogP contribution is -2.31. The zero-order chi connectivity index (χ0) is 13.0. The van der Waals surface area contributed by atoms with Crippen molar-refractivity contribution in [2.45, 2.75) is 45.2 Å². The molecule has 0 spiro atoms. The quantitative estimate of drug-likeness (QED) is 0.842. The third kappa shape index (κ3) is 3.16. The molecular formula is C15H23NO2. The van der Waals surface area contributed by atoms with Crippen molar-refractivity contribution in [3.8, 4) is 11.5 Å². The lowest BCUT2D eigenvalue weighted by molar-refractivity contribution is 0.369. The Hall–Kier alpha value is -1.22. The van der Waals surface area contributed by atoms with E-state index in [2.05, 4.69) is 12.2 Å². The first-order valence-electron chi connectivity index (χ1n) is 6.80. The van der Waals surface area contributed by atoms with Crippen LogP contribution in [-0.4, -0.2) is 18.3 Å². The van der Waals surface area contributed by atoms with E-state index in [0.717, 1.165) is 18.0 Å². The van der Waals surface area contributed by atoms with Crippen LogP contribution in [0.5, 0.6) is 11.5 Å². The van der Waals surface area contributed by atoms with Crippen molar-refractivity contribution < 1.29 is 9.84 Å². The molecule has 1 aromatic carbocycles. The fourth-order valence-electron chi connectivity index (χ4n) is 2.73. The van der Waals surface area contributed by atoms with Gasteiger partial charge < -0.3 is 15.2 Å². The second-order valence-corrected chi connectivity index (χ2v) is 5.22. The van der Waals surface area contributed by atoms with Gasteiger partial charge in [-0.15, -0.1) is 0 Å². The van der Waals surface area contributed by atoms with E-state index in [9.17, 15) is 5.11 Å². The molecule has 100 valence electrons. The summed E-state index contributed by atoms with van der Waals surface area (Å²) >= 11 is 0. The van der Waals surface area contributed by atoms with Gasteiger partial charge in [0.15, 0.2) is 11.5 Å². The van der Waals surface area contributed by atoms with Crippen LogP contribution < -0.4 is 10.1 Å². The monoisotopic (exact) mass is 249 g/mol. The van der Waals surface area contributed by atoms with Gasteiger partial charge in [-0.3, -0.25) is 0 Å². The van der Waals surface area contributed by atoms with E-state index in [1.807, 2.05) is 12.1 Å². The summed E-state index contributed by atoms with van der Waals surface area (Å²) in [5, 5.41) is 13.1. The van der Waals surface area contributed by atoms with Gasteiger partial charge in [0.2, 0.25) is 0 Å². The van der Waals surface area contributed by atoms with Gasteiger partial charge in [0.25, 0.3) is 0 Å². The first-order valence-corrected chi connectivity index (χ1v) is 6.80. The minimum atomic E-state index is 0.199. The fourth-order valence-corrected chi connectivity index (χ4v) is 2.73. The highest BCUT2D eigenvalue weighted by Gasteiger charge is 2.20. The summed E-state index contributed by atoms with van der Waals surface area (Å²) in [6, 6.07) is 6.08. The molecule has 2 rings (SSSR count). The Morgan fingerprint density at radius 1 is 1.39 bits per heavy atom. The molecule has 1 unspecified atom stereocenters. The van der Waals surface area contributed by atoms with E-state index >= 15 is 0 Å². The van der Waals surface area contributed by atoms with Crippen molar-refractivity contribution in [3.63, 3.8) is 0 Å². The zero-order valence-electron chi connectivity index (χ0n) is 11.3. The molecule has 1 saturated carbocycles. The Morgan fingerprint density at radius 3 is 2.78 bits per heavy atom. The smallest absolute Gasteiger partial charge is 0.160 e. The molecule has 0 saturated heterocycles. The second kappa shape index (κ2) is 6.10. The Morgan fingerprint density at radius 2 is 2.11 bits per heavy atom. The number of phenols is 1. The molecule has 0 radical (unpaired) electrons. The van der Waals surface area contributed by atoms with E-state index in [0.29, 0.717) is 11.8 Å². The average molecular weight is 249 g/mol. The molecular weight excluding hydrogens is 226 g/mol. The third-order valence-electron chi connectivity index (χ3n) is 3.98. The molecule has 18 heavy (non-hydrogen) atoms.